The number of piperidine rings is 1. The first kappa shape index (κ1) is 18.4. The molecule has 0 saturated carbocycles. The largest absolute Gasteiger partial charge is 0.457 e. The van der Waals surface area contributed by atoms with Gasteiger partial charge in [0.25, 0.3) is 5.91 Å². The van der Waals surface area contributed by atoms with E-state index in [0.717, 1.165) is 17.7 Å². The van der Waals surface area contributed by atoms with E-state index in [1.54, 1.807) is 38.4 Å². The maximum absolute atomic E-state index is 12.6. The van der Waals surface area contributed by atoms with Crippen molar-refractivity contribution in [3.05, 3.63) is 35.9 Å². The molecule has 7 heteroatoms. The number of nitrogens with one attached hydrogen (secondary N) is 3. The summed E-state index contributed by atoms with van der Waals surface area (Å²) in [5.74, 6) is -1.01. The molecule has 2 aliphatic heterocycles. The summed E-state index contributed by atoms with van der Waals surface area (Å²) in [7, 11) is 3.21. The van der Waals surface area contributed by atoms with Crippen molar-refractivity contribution in [3.63, 3.8) is 0 Å². The number of benzene rings is 1. The average molecular weight is 360 g/mol. The summed E-state index contributed by atoms with van der Waals surface area (Å²) in [5, 5.41) is 5.36. The molecule has 1 aromatic rings. The van der Waals surface area contributed by atoms with Crippen LogP contribution in [0.3, 0.4) is 0 Å². The van der Waals surface area contributed by atoms with E-state index in [4.69, 9.17) is 4.74 Å². The van der Waals surface area contributed by atoms with Crippen LogP contribution in [0, 0.1) is 5.92 Å². The van der Waals surface area contributed by atoms with E-state index >= 15 is 0 Å². The van der Waals surface area contributed by atoms with E-state index in [1.165, 1.54) is 0 Å². The number of ether oxygens (including phenoxy) is 1. The summed E-state index contributed by atoms with van der Waals surface area (Å²) in [6, 6.07) is 9.03. The monoisotopic (exact) mass is 360 g/mol. The minimum absolute atomic E-state index is 0.0143. The molecule has 4 unspecified atom stereocenters. The SMILES string of the molecule is CNC(=O)C[NH+]1C2CCC1[C@@H](C(=O)NC)C(OC(=O)c1ccccc1)C2. The van der Waals surface area contributed by atoms with Crippen molar-refractivity contribution in [2.45, 2.75) is 37.5 Å². The van der Waals surface area contributed by atoms with Crippen LogP contribution < -0.4 is 15.5 Å². The standard InChI is InChI=1S/C19H25N3O4/c1-20-16(23)11-22-13-8-9-14(22)17(18(24)21-2)15(10-13)26-19(25)12-6-4-3-5-7-12/h3-7,13-15,17H,8-11H2,1-2H3,(H,20,23)(H,21,24)/p+1/t13?,14?,15?,17-/m1/s1. The smallest absolute Gasteiger partial charge is 0.338 e. The molecule has 0 aliphatic carbocycles. The van der Waals surface area contributed by atoms with Crippen molar-refractivity contribution in [1.82, 2.24) is 10.6 Å². The first-order valence-electron chi connectivity index (χ1n) is 9.09. The Bertz CT molecular complexity index is 679. The number of fused-ring (bicyclic) bond motifs is 2. The summed E-state index contributed by atoms with van der Waals surface area (Å²) in [5.41, 5.74) is 0.482. The van der Waals surface area contributed by atoms with Gasteiger partial charge in [0, 0.05) is 33.4 Å². The topological polar surface area (TPSA) is 88.9 Å². The zero-order valence-electron chi connectivity index (χ0n) is 15.2. The molecule has 3 N–H and O–H groups in total. The van der Waals surface area contributed by atoms with Gasteiger partial charge >= 0.3 is 5.97 Å². The zero-order valence-corrected chi connectivity index (χ0v) is 15.2. The van der Waals surface area contributed by atoms with Crippen LogP contribution in [0.15, 0.2) is 30.3 Å². The van der Waals surface area contributed by atoms with Crippen LogP contribution in [-0.4, -0.2) is 56.6 Å². The Morgan fingerprint density at radius 1 is 1.12 bits per heavy atom. The van der Waals surface area contributed by atoms with Crippen molar-refractivity contribution < 1.29 is 24.0 Å². The van der Waals surface area contributed by atoms with Gasteiger partial charge in [-0.25, -0.2) is 4.79 Å². The van der Waals surface area contributed by atoms with Crippen molar-refractivity contribution >= 4 is 17.8 Å². The molecule has 2 aliphatic rings. The fourth-order valence-corrected chi connectivity index (χ4v) is 4.39. The Labute approximate surface area is 153 Å². The quantitative estimate of drug-likeness (QED) is 0.596. The highest BCUT2D eigenvalue weighted by molar-refractivity contribution is 5.90. The Kier molecular flexibility index (Phi) is 5.56. The number of rotatable bonds is 5. The molecule has 2 fully saturated rings. The molecular formula is C19H26N3O4+. The van der Waals surface area contributed by atoms with Gasteiger partial charge in [0.15, 0.2) is 6.54 Å². The van der Waals surface area contributed by atoms with Crippen LogP contribution in [0.5, 0.6) is 0 Å². The lowest BCUT2D eigenvalue weighted by molar-refractivity contribution is -0.937. The van der Waals surface area contributed by atoms with Crippen molar-refractivity contribution in [1.29, 1.82) is 0 Å². The average Bonchev–Trinajstić information content (AvgIpc) is 2.93. The number of amides is 2. The van der Waals surface area contributed by atoms with Gasteiger partial charge in [-0.3, -0.25) is 9.59 Å². The van der Waals surface area contributed by atoms with Crippen LogP contribution in [0.4, 0.5) is 0 Å². The number of carbonyl (C=O) groups is 3. The predicted molar refractivity (Wildman–Crippen MR) is 94.5 cm³/mol. The van der Waals surface area contributed by atoms with Crippen LogP contribution in [0.1, 0.15) is 29.6 Å². The summed E-state index contributed by atoms with van der Waals surface area (Å²) in [4.78, 5) is 38.1. The van der Waals surface area contributed by atoms with E-state index in [1.807, 2.05) is 6.07 Å². The second-order valence-corrected chi connectivity index (χ2v) is 6.99. The number of quaternary nitrogens is 1. The fourth-order valence-electron chi connectivity index (χ4n) is 4.39. The summed E-state index contributed by atoms with van der Waals surface area (Å²) >= 11 is 0. The van der Waals surface area contributed by atoms with Gasteiger partial charge in [-0.05, 0) is 12.1 Å². The van der Waals surface area contributed by atoms with Crippen LogP contribution in [0.2, 0.25) is 0 Å². The predicted octanol–water partition coefficient (Wildman–Crippen LogP) is -0.860. The zero-order chi connectivity index (χ0) is 18.7. The molecule has 1 aromatic carbocycles. The summed E-state index contributed by atoms with van der Waals surface area (Å²) < 4.78 is 5.76. The summed E-state index contributed by atoms with van der Waals surface area (Å²) in [6.45, 7) is 0.346. The van der Waals surface area contributed by atoms with Gasteiger partial charge in [0.1, 0.15) is 18.1 Å². The highest BCUT2D eigenvalue weighted by Crippen LogP contribution is 2.31. The van der Waals surface area contributed by atoms with Crippen molar-refractivity contribution in [3.8, 4) is 0 Å². The van der Waals surface area contributed by atoms with Gasteiger partial charge in [0.05, 0.1) is 11.6 Å². The number of esters is 1. The second kappa shape index (κ2) is 7.86. The van der Waals surface area contributed by atoms with E-state index in [2.05, 4.69) is 10.6 Å². The highest BCUT2D eigenvalue weighted by atomic mass is 16.5. The molecule has 26 heavy (non-hydrogen) atoms. The third-order valence-electron chi connectivity index (χ3n) is 5.64. The van der Waals surface area contributed by atoms with E-state index < -0.39 is 18.0 Å². The lowest BCUT2D eigenvalue weighted by Crippen LogP contribution is -3.20. The van der Waals surface area contributed by atoms with Gasteiger partial charge in [-0.2, -0.15) is 0 Å². The normalized spacial score (nSPS) is 29.7. The lowest BCUT2D eigenvalue weighted by Gasteiger charge is -2.40. The molecule has 2 heterocycles. The molecule has 140 valence electrons. The molecule has 2 amide bonds. The van der Waals surface area contributed by atoms with E-state index in [9.17, 15) is 14.4 Å². The van der Waals surface area contributed by atoms with Gasteiger partial charge in [-0.1, -0.05) is 18.2 Å². The first-order valence-corrected chi connectivity index (χ1v) is 9.09. The van der Waals surface area contributed by atoms with Gasteiger partial charge in [0.2, 0.25) is 5.91 Å². The fraction of sp³-hybridized carbons (Fsp3) is 0.526. The molecule has 2 bridgehead atoms. The molecule has 0 radical (unpaired) electrons. The molecule has 7 nitrogen and oxygen atoms in total. The number of hydrogen-bond acceptors (Lipinski definition) is 4. The Morgan fingerprint density at radius 3 is 2.50 bits per heavy atom. The highest BCUT2D eigenvalue weighted by Gasteiger charge is 2.55. The van der Waals surface area contributed by atoms with Crippen LogP contribution in [-0.2, 0) is 14.3 Å². The molecule has 3 rings (SSSR count). The minimum Gasteiger partial charge on any atom is -0.457 e. The molecule has 5 atom stereocenters. The number of hydrogen-bond donors (Lipinski definition) is 3. The molecule has 2 saturated heterocycles. The van der Waals surface area contributed by atoms with Crippen LogP contribution >= 0.6 is 0 Å². The van der Waals surface area contributed by atoms with Gasteiger partial charge in [-0.15, -0.1) is 0 Å². The van der Waals surface area contributed by atoms with Crippen molar-refractivity contribution in [2.24, 2.45) is 5.92 Å². The Hall–Kier alpha value is -2.41. The molecule has 0 aromatic heterocycles. The Balaban J connectivity index is 1.79. The number of likely N-dealkylation sites (N-methyl/N-ethyl adjacent to an activating group) is 1. The maximum atomic E-state index is 12.6. The lowest BCUT2D eigenvalue weighted by atomic mass is 9.86. The minimum atomic E-state index is -0.464. The first-order chi connectivity index (χ1) is 12.5. The third-order valence-corrected chi connectivity index (χ3v) is 5.64. The van der Waals surface area contributed by atoms with Crippen molar-refractivity contribution in [2.75, 3.05) is 20.6 Å². The molecule has 0 spiro atoms. The Morgan fingerprint density at radius 2 is 1.85 bits per heavy atom. The maximum Gasteiger partial charge on any atom is 0.338 e. The van der Waals surface area contributed by atoms with Crippen LogP contribution in [0.25, 0.3) is 0 Å². The second-order valence-electron chi connectivity index (χ2n) is 6.99. The van der Waals surface area contributed by atoms with E-state index in [0.29, 0.717) is 18.5 Å². The van der Waals surface area contributed by atoms with E-state index in [-0.39, 0.29) is 23.9 Å². The summed E-state index contributed by atoms with van der Waals surface area (Å²) in [6.07, 6.45) is 1.92. The third kappa shape index (κ3) is 3.58. The molecular weight excluding hydrogens is 334 g/mol. The van der Waals surface area contributed by atoms with Gasteiger partial charge < -0.3 is 20.3 Å². The number of carbonyl (C=O) groups excluding carboxylic acids is 3.